The first-order chi connectivity index (χ1) is 25.4. The van der Waals surface area contributed by atoms with Crippen LogP contribution in [0.2, 0.25) is 0 Å². The number of hydrogen-bond acceptors (Lipinski definition) is 0. The van der Waals surface area contributed by atoms with Crippen molar-refractivity contribution in [2.45, 2.75) is 284 Å². The van der Waals surface area contributed by atoms with Crippen molar-refractivity contribution in [3.63, 3.8) is 0 Å². The molecule has 0 aromatic heterocycles. The van der Waals surface area contributed by atoms with Gasteiger partial charge < -0.3 is 6.92 Å². The van der Waals surface area contributed by atoms with Crippen molar-refractivity contribution in [2.24, 2.45) is 0 Å². The van der Waals surface area contributed by atoms with E-state index in [-0.39, 0.29) is 19.5 Å². The van der Waals surface area contributed by atoms with Crippen LogP contribution in [0.5, 0.6) is 0 Å². The SMILES string of the molecule is CC.CC.CC.CC.CC.CC.CC.CC.CC.CC.CC.CC.CC.CC.CC.CC.CC.CC.CC.CC.CP.CPP.PP.[C-]#[O+].[CH2-]C.[Rh+2]. The standard InChI is InChI=1S/20C2H6.C2H5.CO.CH6P2.CH5P.H4P2.Rh/c22*1-2;1-3-2;2*1-2;/h20*1-2H3;1H2,2H3;;3H,2H2,1H3;2H2,1H3;1-2H2;/q;;;;;;;;;;;;;;;;;;;;-1;;;;;+2. The van der Waals surface area contributed by atoms with Crippen LogP contribution >= 0.6 is 44.3 Å². The van der Waals surface area contributed by atoms with Crippen molar-refractivity contribution in [3.05, 3.63) is 13.6 Å². The molecule has 52 heavy (non-hydrogen) atoms. The van der Waals surface area contributed by atoms with Crippen molar-refractivity contribution in [3.8, 4) is 0 Å². The van der Waals surface area contributed by atoms with E-state index >= 15 is 0 Å². The first-order valence-corrected chi connectivity index (χ1v) is 29.7. The molecule has 359 valence electrons. The summed E-state index contributed by atoms with van der Waals surface area (Å²) in [5.74, 6) is 0. The molecule has 0 N–H and O–H groups in total. The third kappa shape index (κ3) is 22100. The van der Waals surface area contributed by atoms with Crippen molar-refractivity contribution >= 4 is 44.3 Å². The molecular weight excluding hydrogens is 814 g/mol. The minimum absolute atomic E-state index is 0. The van der Waals surface area contributed by atoms with Crippen LogP contribution in [0.3, 0.4) is 0 Å². The molecule has 0 saturated heterocycles. The Bertz CT molecular complexity index is 48.9. The molecule has 0 saturated carbocycles. The molecule has 0 amide bonds. The third-order valence-electron chi connectivity index (χ3n) is 0. The Morgan fingerprint density at radius 1 is 0.288 bits per heavy atom. The van der Waals surface area contributed by atoms with Gasteiger partial charge in [0.25, 0.3) is 0 Å². The Morgan fingerprint density at radius 3 is 0.288 bits per heavy atom. The Hall–Kier alpha value is 2.51. The van der Waals surface area contributed by atoms with Crippen LogP contribution in [0.15, 0.2) is 0 Å². The van der Waals surface area contributed by atoms with Gasteiger partial charge >= 0.3 is 30.8 Å². The first kappa shape index (κ1) is 192. The van der Waals surface area contributed by atoms with Gasteiger partial charge in [0.1, 0.15) is 0 Å². The summed E-state index contributed by atoms with van der Waals surface area (Å²) in [5.41, 5.74) is 0. The summed E-state index contributed by atoms with van der Waals surface area (Å²) in [4.78, 5) is 0. The van der Waals surface area contributed by atoms with E-state index in [0.717, 1.165) is 8.27 Å². The largest absolute Gasteiger partial charge is 2.00 e. The van der Waals surface area contributed by atoms with Crippen LogP contribution in [-0.4, -0.2) is 13.3 Å². The van der Waals surface area contributed by atoms with Gasteiger partial charge in [-0.2, -0.15) is 6.92 Å². The molecule has 0 bridgehead atoms. The van der Waals surface area contributed by atoms with Crippen LogP contribution in [-0.2, 0) is 24.1 Å². The molecular formula is C45H140OP5Rh+. The van der Waals surface area contributed by atoms with Gasteiger partial charge in [-0.3, -0.25) is 0 Å². The molecule has 0 heterocycles. The average Bonchev–Trinajstić information content (AvgIpc) is 3.37. The Balaban J connectivity index is -0.00000000564. The zero-order valence-corrected chi connectivity index (χ0v) is 55.0. The zero-order valence-electron chi connectivity index (χ0n) is 47.8. The van der Waals surface area contributed by atoms with Crippen LogP contribution in [0, 0.1) is 13.6 Å². The van der Waals surface area contributed by atoms with Crippen molar-refractivity contribution in [1.29, 1.82) is 0 Å². The summed E-state index contributed by atoms with van der Waals surface area (Å²) >= 11 is 0. The molecule has 0 spiro atoms. The predicted molar refractivity (Wildman–Crippen MR) is 301 cm³/mol. The maximum Gasteiger partial charge on any atom is 2.00 e. The van der Waals surface area contributed by atoms with Gasteiger partial charge in [-0.1, -0.05) is 284 Å². The van der Waals surface area contributed by atoms with Gasteiger partial charge in [-0.25, -0.2) is 0 Å². The topological polar surface area (TPSA) is 19.9 Å². The molecule has 0 aromatic rings. The van der Waals surface area contributed by atoms with Crippen LogP contribution in [0.25, 0.3) is 0 Å². The molecule has 1 nitrogen and oxygen atoms in total. The molecule has 5 atom stereocenters. The first-order valence-electron chi connectivity index (χ1n) is 22.6. The van der Waals surface area contributed by atoms with Crippen molar-refractivity contribution < 1.29 is 24.1 Å². The van der Waals surface area contributed by atoms with Crippen molar-refractivity contribution in [2.75, 3.05) is 13.3 Å². The fraction of sp³-hybridized carbons (Fsp3) is 0.956. The minimum Gasteiger partial charge on any atom is -0.346 e. The van der Waals surface area contributed by atoms with E-state index in [4.69, 9.17) is 4.65 Å². The predicted octanol–water partition coefficient (Wildman–Crippen LogP) is 23.6. The van der Waals surface area contributed by atoms with Gasteiger partial charge in [0.05, 0.1) is 0 Å². The average molecular weight is 955 g/mol. The zero-order chi connectivity index (χ0) is 50.7. The van der Waals surface area contributed by atoms with E-state index in [2.05, 4.69) is 56.3 Å². The second-order valence-corrected chi connectivity index (χ2v) is 2.60. The maximum absolute atomic E-state index is 7.50. The Morgan fingerprint density at radius 2 is 0.288 bits per heavy atom. The van der Waals surface area contributed by atoms with Crippen LogP contribution < -0.4 is 0 Å². The fourth-order valence-corrected chi connectivity index (χ4v) is 0. The molecule has 1 radical (unpaired) electrons. The van der Waals surface area contributed by atoms with Gasteiger partial charge in [-0.05, 0) is 6.66 Å². The quantitative estimate of drug-likeness (QED) is 0.0998. The summed E-state index contributed by atoms with van der Waals surface area (Å²) in [6, 6.07) is 0. The molecule has 0 fully saturated rings. The van der Waals surface area contributed by atoms with Gasteiger partial charge in [0.15, 0.2) is 0 Å². The molecule has 0 aromatic carbocycles. The van der Waals surface area contributed by atoms with Crippen molar-refractivity contribution in [1.82, 2.24) is 0 Å². The summed E-state index contributed by atoms with van der Waals surface area (Å²) in [6.45, 7) is 93.5. The normalized spacial score (nSPS) is 3.27. The van der Waals surface area contributed by atoms with Gasteiger partial charge in [0.2, 0.25) is 0 Å². The second-order valence-electron chi connectivity index (χ2n) is 0.289. The molecule has 0 aliphatic heterocycles. The molecule has 5 unspecified atom stereocenters. The third-order valence-corrected chi connectivity index (χ3v) is 0. The van der Waals surface area contributed by atoms with E-state index in [0.29, 0.717) is 0 Å². The molecule has 0 rings (SSSR count). The van der Waals surface area contributed by atoms with E-state index in [1.807, 2.05) is 284 Å². The fourth-order valence-electron chi connectivity index (χ4n) is 0. The second kappa shape index (κ2) is 12000. The summed E-state index contributed by atoms with van der Waals surface area (Å²) in [6.07, 6.45) is 0. The van der Waals surface area contributed by atoms with E-state index in [1.165, 1.54) is 0 Å². The summed E-state index contributed by atoms with van der Waals surface area (Å²) in [7, 11) is 10.7. The van der Waals surface area contributed by atoms with E-state index in [1.54, 1.807) is 6.92 Å². The number of hydrogen-bond donors (Lipinski definition) is 0. The van der Waals surface area contributed by atoms with Gasteiger partial charge in [0, 0.05) is 0 Å². The van der Waals surface area contributed by atoms with Gasteiger partial charge in [-0.15, -0.1) is 44.3 Å². The van der Waals surface area contributed by atoms with Crippen LogP contribution in [0.1, 0.15) is 284 Å². The Kier molecular flexibility index (Phi) is 44100. The molecule has 0 aliphatic carbocycles. The van der Waals surface area contributed by atoms with E-state index < -0.39 is 0 Å². The monoisotopic (exact) mass is 955 g/mol. The smallest absolute Gasteiger partial charge is 0.346 e. The Labute approximate surface area is 377 Å². The number of rotatable bonds is 0. The molecule has 0 aliphatic rings. The van der Waals surface area contributed by atoms with E-state index in [9.17, 15) is 0 Å². The van der Waals surface area contributed by atoms with Crippen LogP contribution in [0.4, 0.5) is 0 Å². The molecule has 7 heteroatoms. The summed E-state index contributed by atoms with van der Waals surface area (Å²) < 4.78 is 7.50. The maximum atomic E-state index is 7.50. The summed E-state index contributed by atoms with van der Waals surface area (Å²) in [5, 5.41) is 0. The minimum atomic E-state index is 0.